The van der Waals surface area contributed by atoms with E-state index in [9.17, 15) is 15.3 Å². The molecule has 11 atom stereocenters. The van der Waals surface area contributed by atoms with Crippen LogP contribution in [0, 0.1) is 46.3 Å². The third-order valence-corrected chi connectivity index (χ3v) is 11.3. The van der Waals surface area contributed by atoms with Crippen LogP contribution >= 0.6 is 0 Å². The van der Waals surface area contributed by atoms with E-state index in [2.05, 4.69) is 45.1 Å². The highest BCUT2D eigenvalue weighted by molar-refractivity contribution is 5.14. The summed E-state index contributed by atoms with van der Waals surface area (Å²) < 4.78 is 0. The molecule has 4 aliphatic rings. The molecule has 0 saturated heterocycles. The zero-order valence-electron chi connectivity index (χ0n) is 22.7. The minimum atomic E-state index is -0.326. The second-order valence-corrected chi connectivity index (χ2v) is 13.6. The lowest BCUT2D eigenvalue weighted by Gasteiger charge is -2.63. The van der Waals surface area contributed by atoms with E-state index in [1.54, 1.807) is 0 Å². The maximum atomic E-state index is 11.7. The number of nitrogens with zero attached hydrogens (tertiary/aromatic N) is 1. The largest absolute Gasteiger partial charge is 0.393 e. The Kier molecular flexibility index (Phi) is 8.41. The maximum absolute atomic E-state index is 11.7. The molecule has 4 unspecified atom stereocenters. The molecule has 5 heteroatoms. The molecule has 0 heterocycles. The lowest BCUT2D eigenvalue weighted by molar-refractivity contribution is -0.213. The van der Waals surface area contributed by atoms with Crippen LogP contribution in [0.15, 0.2) is 0 Å². The molecule has 4 saturated carbocycles. The molecule has 5 nitrogen and oxygen atoms in total. The Bertz CT molecular complexity index is 674. The predicted octanol–water partition coefficient (Wildman–Crippen LogP) is 3.91. The van der Waals surface area contributed by atoms with Crippen molar-refractivity contribution in [2.24, 2.45) is 46.3 Å². The molecule has 198 valence electrons. The van der Waals surface area contributed by atoms with Crippen LogP contribution in [0.2, 0.25) is 0 Å². The lowest BCUT2D eigenvalue weighted by atomic mass is 9.43. The molecule has 0 spiro atoms. The van der Waals surface area contributed by atoms with E-state index in [0.29, 0.717) is 23.7 Å². The number of fused-ring (bicyclic) bond motifs is 5. The third-order valence-electron chi connectivity index (χ3n) is 11.3. The monoisotopic (exact) mass is 478 g/mol. The Morgan fingerprint density at radius 3 is 2.41 bits per heavy atom. The van der Waals surface area contributed by atoms with E-state index >= 15 is 0 Å². The van der Waals surface area contributed by atoms with Gasteiger partial charge in [0.25, 0.3) is 0 Å². The van der Waals surface area contributed by atoms with Crippen molar-refractivity contribution in [3.8, 4) is 0 Å². The van der Waals surface area contributed by atoms with Crippen LogP contribution in [0.4, 0.5) is 0 Å². The number of aliphatic hydroxyl groups is 3. The molecule has 4 N–H and O–H groups in total. The zero-order valence-corrected chi connectivity index (χ0v) is 22.7. The van der Waals surface area contributed by atoms with Crippen LogP contribution in [-0.2, 0) is 0 Å². The Hall–Kier alpha value is -0.200. The Morgan fingerprint density at radius 1 is 0.941 bits per heavy atom. The molecule has 4 fully saturated rings. The Labute approximate surface area is 209 Å². The lowest BCUT2D eigenvalue weighted by Crippen LogP contribution is -2.63. The molecular weight excluding hydrogens is 424 g/mol. The molecule has 0 amide bonds. The number of aliphatic hydroxyl groups excluding tert-OH is 3. The van der Waals surface area contributed by atoms with Crippen molar-refractivity contribution in [1.29, 1.82) is 0 Å². The van der Waals surface area contributed by atoms with Gasteiger partial charge in [0.05, 0.1) is 18.3 Å². The number of rotatable bonds is 9. The van der Waals surface area contributed by atoms with E-state index in [4.69, 9.17) is 0 Å². The summed E-state index contributed by atoms with van der Waals surface area (Å²) in [6.45, 7) is 10.6. The minimum absolute atomic E-state index is 0.0613. The fourth-order valence-electron chi connectivity index (χ4n) is 9.68. The van der Waals surface area contributed by atoms with Crippen LogP contribution in [0.1, 0.15) is 85.0 Å². The van der Waals surface area contributed by atoms with Gasteiger partial charge in [-0.05, 0) is 144 Å². The highest BCUT2D eigenvalue weighted by Gasteiger charge is 2.65. The highest BCUT2D eigenvalue weighted by Crippen LogP contribution is 2.68. The summed E-state index contributed by atoms with van der Waals surface area (Å²) in [7, 11) is 4.26. The molecule has 0 bridgehead atoms. The van der Waals surface area contributed by atoms with Crippen LogP contribution in [0.5, 0.6) is 0 Å². The van der Waals surface area contributed by atoms with E-state index < -0.39 is 0 Å². The fourth-order valence-corrected chi connectivity index (χ4v) is 9.68. The van der Waals surface area contributed by atoms with E-state index in [1.165, 1.54) is 32.1 Å². The number of nitrogens with one attached hydrogen (secondary N) is 1. The molecule has 4 aliphatic carbocycles. The van der Waals surface area contributed by atoms with Gasteiger partial charge in [-0.15, -0.1) is 0 Å². The van der Waals surface area contributed by atoms with E-state index in [0.717, 1.165) is 51.7 Å². The molecule has 4 rings (SSSR count). The standard InChI is InChI=1S/C29H54N2O3/c1-19(8-6-13-30-14-7-15-31(4)5)22-9-10-23-26-24(33)17-20-16-21(32)11-12-28(20,2)27(26)25(34)18-29(22,23)3/h19-27,30,32-34H,6-18H2,1-5H3/t19-,20?,21?,22-,23+,24?,25?,26-,27+,28+,29-/m1/s1. The second kappa shape index (κ2) is 10.7. The molecule has 0 aromatic carbocycles. The maximum Gasteiger partial charge on any atom is 0.0582 e. The predicted molar refractivity (Wildman–Crippen MR) is 138 cm³/mol. The van der Waals surface area contributed by atoms with Gasteiger partial charge in [0.2, 0.25) is 0 Å². The topological polar surface area (TPSA) is 76.0 Å². The summed E-state index contributed by atoms with van der Waals surface area (Å²) in [5.41, 5.74) is 0.198. The first kappa shape index (κ1) is 26.9. The van der Waals surface area contributed by atoms with Crippen LogP contribution < -0.4 is 5.32 Å². The van der Waals surface area contributed by atoms with Crippen molar-refractivity contribution in [1.82, 2.24) is 10.2 Å². The van der Waals surface area contributed by atoms with Gasteiger partial charge >= 0.3 is 0 Å². The van der Waals surface area contributed by atoms with Crippen LogP contribution in [-0.4, -0.2) is 72.3 Å². The van der Waals surface area contributed by atoms with Gasteiger partial charge in [-0.2, -0.15) is 0 Å². The Balaban J connectivity index is 1.38. The number of hydrogen-bond donors (Lipinski definition) is 4. The van der Waals surface area contributed by atoms with Gasteiger partial charge < -0.3 is 25.5 Å². The first-order chi connectivity index (χ1) is 16.1. The van der Waals surface area contributed by atoms with Gasteiger partial charge in [-0.1, -0.05) is 20.8 Å². The molecule has 34 heavy (non-hydrogen) atoms. The SMILES string of the molecule is C[C@H](CCCNCCCN(C)C)[C@H]1CC[C@H]2[C@@H]3C(O)CC4CC(O)CC[C@]4(C)[C@H]3C(O)C[C@]12C. The number of hydrogen-bond acceptors (Lipinski definition) is 5. The van der Waals surface area contributed by atoms with Gasteiger partial charge in [0.15, 0.2) is 0 Å². The van der Waals surface area contributed by atoms with Crippen LogP contribution in [0.25, 0.3) is 0 Å². The third kappa shape index (κ3) is 4.98. The van der Waals surface area contributed by atoms with Crippen molar-refractivity contribution in [2.45, 2.75) is 103 Å². The summed E-state index contributed by atoms with van der Waals surface area (Å²) in [5.74, 6) is 2.59. The van der Waals surface area contributed by atoms with Gasteiger partial charge in [-0.25, -0.2) is 0 Å². The molecular formula is C29H54N2O3. The average molecular weight is 479 g/mol. The average Bonchev–Trinajstić information content (AvgIpc) is 3.10. The summed E-state index contributed by atoms with van der Waals surface area (Å²) in [6, 6.07) is 0. The van der Waals surface area contributed by atoms with Crippen molar-refractivity contribution < 1.29 is 15.3 Å². The first-order valence-corrected chi connectivity index (χ1v) is 14.5. The van der Waals surface area contributed by atoms with Crippen molar-refractivity contribution in [3.63, 3.8) is 0 Å². The van der Waals surface area contributed by atoms with E-state index in [1.807, 2.05) is 0 Å². The summed E-state index contributed by atoms with van der Waals surface area (Å²) in [4.78, 5) is 2.24. The summed E-state index contributed by atoms with van der Waals surface area (Å²) in [5, 5.41) is 37.0. The molecule has 0 aliphatic heterocycles. The van der Waals surface area contributed by atoms with Crippen molar-refractivity contribution >= 4 is 0 Å². The normalized spacial score (nSPS) is 47.2. The smallest absolute Gasteiger partial charge is 0.0582 e. The summed E-state index contributed by atoms with van der Waals surface area (Å²) >= 11 is 0. The van der Waals surface area contributed by atoms with E-state index in [-0.39, 0.29) is 41.0 Å². The highest BCUT2D eigenvalue weighted by atomic mass is 16.3. The molecule has 0 aromatic rings. The molecule has 0 radical (unpaired) electrons. The van der Waals surface area contributed by atoms with Gasteiger partial charge in [-0.3, -0.25) is 0 Å². The fraction of sp³-hybridized carbons (Fsp3) is 1.00. The van der Waals surface area contributed by atoms with Gasteiger partial charge in [0, 0.05) is 0 Å². The van der Waals surface area contributed by atoms with Gasteiger partial charge in [0.1, 0.15) is 0 Å². The zero-order chi connectivity index (χ0) is 24.7. The first-order valence-electron chi connectivity index (χ1n) is 14.5. The quantitative estimate of drug-likeness (QED) is 0.378. The van der Waals surface area contributed by atoms with Crippen molar-refractivity contribution in [2.75, 3.05) is 33.7 Å². The minimum Gasteiger partial charge on any atom is -0.393 e. The Morgan fingerprint density at radius 2 is 1.68 bits per heavy atom. The molecule has 0 aromatic heterocycles. The van der Waals surface area contributed by atoms with Crippen LogP contribution in [0.3, 0.4) is 0 Å². The second-order valence-electron chi connectivity index (χ2n) is 13.6. The summed E-state index contributed by atoms with van der Waals surface area (Å²) in [6.07, 6.45) is 9.61. The van der Waals surface area contributed by atoms with Crippen molar-refractivity contribution in [3.05, 3.63) is 0 Å².